The van der Waals surface area contributed by atoms with Crippen LogP contribution in [0.1, 0.15) is 13.3 Å². The summed E-state index contributed by atoms with van der Waals surface area (Å²) < 4.78 is 6.15. The fourth-order valence-corrected chi connectivity index (χ4v) is 3.01. The summed E-state index contributed by atoms with van der Waals surface area (Å²) in [6.45, 7) is 2.61. The second-order valence-corrected chi connectivity index (χ2v) is 6.19. The lowest BCUT2D eigenvalue weighted by Crippen LogP contribution is -2.26. The highest BCUT2D eigenvalue weighted by Gasteiger charge is 2.28. The van der Waals surface area contributed by atoms with Gasteiger partial charge in [-0.25, -0.2) is 4.98 Å². The number of nitrogens with zero attached hydrogens (tertiary/aromatic N) is 3. The molecule has 0 aromatic carbocycles. The lowest BCUT2D eigenvalue weighted by molar-refractivity contribution is -0.119. The third-order valence-electron chi connectivity index (χ3n) is 4.46. The van der Waals surface area contributed by atoms with Crippen molar-refractivity contribution in [3.63, 3.8) is 0 Å². The molecule has 0 bridgehead atoms. The Labute approximate surface area is 145 Å². The Morgan fingerprint density at radius 1 is 1.16 bits per heavy atom. The zero-order valence-electron chi connectivity index (χ0n) is 13.8. The summed E-state index contributed by atoms with van der Waals surface area (Å²) in [6, 6.07) is 11.4. The number of aromatic nitrogens is 3. The SMILES string of the molecule is CC(Oc1nc(-c2ccccn2)cc2ncccc12)C1CNC(=O)C1. The summed E-state index contributed by atoms with van der Waals surface area (Å²) in [4.78, 5) is 24.9. The molecule has 1 fully saturated rings. The second-order valence-electron chi connectivity index (χ2n) is 6.19. The number of amides is 1. The predicted octanol–water partition coefficient (Wildman–Crippen LogP) is 2.60. The highest BCUT2D eigenvalue weighted by Crippen LogP contribution is 2.29. The first-order chi connectivity index (χ1) is 12.2. The van der Waals surface area contributed by atoms with E-state index in [4.69, 9.17) is 4.74 Å². The molecular formula is C19H18N4O2. The van der Waals surface area contributed by atoms with Gasteiger partial charge in [0.15, 0.2) is 0 Å². The Hall–Kier alpha value is -3.02. The van der Waals surface area contributed by atoms with Crippen LogP contribution in [-0.4, -0.2) is 33.5 Å². The van der Waals surface area contributed by atoms with Crippen LogP contribution in [0, 0.1) is 5.92 Å². The average molecular weight is 334 g/mol. The zero-order chi connectivity index (χ0) is 17.2. The molecule has 126 valence electrons. The summed E-state index contributed by atoms with van der Waals surface area (Å²) in [5, 5.41) is 3.70. The van der Waals surface area contributed by atoms with E-state index in [0.717, 1.165) is 22.3 Å². The van der Waals surface area contributed by atoms with Gasteiger partial charge in [-0.3, -0.25) is 14.8 Å². The number of carbonyl (C=O) groups excluding carboxylic acids is 1. The number of fused-ring (bicyclic) bond motifs is 1. The zero-order valence-corrected chi connectivity index (χ0v) is 13.8. The summed E-state index contributed by atoms with van der Waals surface area (Å²) >= 11 is 0. The minimum Gasteiger partial charge on any atom is -0.474 e. The molecule has 6 heteroatoms. The van der Waals surface area contributed by atoms with E-state index in [2.05, 4.69) is 20.3 Å². The molecule has 1 N–H and O–H groups in total. The van der Waals surface area contributed by atoms with Gasteiger partial charge >= 0.3 is 0 Å². The highest BCUT2D eigenvalue weighted by atomic mass is 16.5. The quantitative estimate of drug-likeness (QED) is 0.793. The summed E-state index contributed by atoms with van der Waals surface area (Å²) in [6.07, 6.45) is 3.83. The fourth-order valence-electron chi connectivity index (χ4n) is 3.01. The van der Waals surface area contributed by atoms with E-state index in [1.165, 1.54) is 0 Å². The largest absolute Gasteiger partial charge is 0.474 e. The normalized spacial score (nSPS) is 18.1. The molecule has 4 rings (SSSR count). The van der Waals surface area contributed by atoms with Gasteiger partial charge < -0.3 is 10.1 Å². The van der Waals surface area contributed by atoms with Gasteiger partial charge in [-0.2, -0.15) is 0 Å². The smallest absolute Gasteiger partial charge is 0.223 e. The van der Waals surface area contributed by atoms with E-state index >= 15 is 0 Å². The highest BCUT2D eigenvalue weighted by molar-refractivity contribution is 5.86. The monoisotopic (exact) mass is 334 g/mol. The molecule has 1 amide bonds. The molecule has 1 aliphatic heterocycles. The van der Waals surface area contributed by atoms with Crippen molar-refractivity contribution in [2.75, 3.05) is 6.54 Å². The van der Waals surface area contributed by atoms with Crippen molar-refractivity contribution >= 4 is 16.8 Å². The molecule has 25 heavy (non-hydrogen) atoms. The molecule has 2 unspecified atom stereocenters. The average Bonchev–Trinajstić information content (AvgIpc) is 3.09. The molecule has 1 saturated heterocycles. The summed E-state index contributed by atoms with van der Waals surface area (Å²) in [5.74, 6) is 0.736. The topological polar surface area (TPSA) is 77.0 Å². The third kappa shape index (κ3) is 3.15. The van der Waals surface area contributed by atoms with E-state index in [1.54, 1.807) is 12.4 Å². The van der Waals surface area contributed by atoms with Gasteiger partial charge in [0.2, 0.25) is 11.8 Å². The molecular weight excluding hydrogens is 316 g/mol. The Bertz CT molecular complexity index is 914. The molecule has 6 nitrogen and oxygen atoms in total. The number of nitrogens with one attached hydrogen (secondary N) is 1. The Morgan fingerprint density at radius 3 is 2.80 bits per heavy atom. The van der Waals surface area contributed by atoms with Crippen molar-refractivity contribution in [2.24, 2.45) is 5.92 Å². The number of hydrogen-bond donors (Lipinski definition) is 1. The van der Waals surface area contributed by atoms with Crippen LogP contribution in [-0.2, 0) is 4.79 Å². The van der Waals surface area contributed by atoms with Crippen LogP contribution in [0.25, 0.3) is 22.3 Å². The molecule has 2 atom stereocenters. The summed E-state index contributed by atoms with van der Waals surface area (Å²) in [7, 11) is 0. The molecule has 4 heterocycles. The van der Waals surface area contributed by atoms with Crippen LogP contribution in [0.3, 0.4) is 0 Å². The van der Waals surface area contributed by atoms with Crippen LogP contribution in [0.5, 0.6) is 5.88 Å². The van der Waals surface area contributed by atoms with Crippen molar-refractivity contribution in [3.05, 3.63) is 48.8 Å². The maximum absolute atomic E-state index is 11.5. The molecule has 1 aliphatic rings. The molecule has 0 aliphatic carbocycles. The van der Waals surface area contributed by atoms with Crippen LogP contribution >= 0.6 is 0 Å². The van der Waals surface area contributed by atoms with Crippen molar-refractivity contribution in [3.8, 4) is 17.3 Å². The first kappa shape index (κ1) is 15.5. The van der Waals surface area contributed by atoms with Crippen molar-refractivity contribution in [2.45, 2.75) is 19.4 Å². The fraction of sp³-hybridized carbons (Fsp3) is 0.263. The van der Waals surface area contributed by atoms with Gasteiger partial charge in [0.25, 0.3) is 0 Å². The first-order valence-corrected chi connectivity index (χ1v) is 8.31. The lowest BCUT2D eigenvalue weighted by Gasteiger charge is -2.20. The number of hydrogen-bond acceptors (Lipinski definition) is 5. The second kappa shape index (κ2) is 6.47. The van der Waals surface area contributed by atoms with Gasteiger partial charge in [0, 0.05) is 31.3 Å². The van der Waals surface area contributed by atoms with E-state index in [1.807, 2.05) is 43.3 Å². The molecule has 3 aromatic rings. The van der Waals surface area contributed by atoms with Crippen molar-refractivity contribution < 1.29 is 9.53 Å². The van der Waals surface area contributed by atoms with Gasteiger partial charge in [-0.1, -0.05) is 6.07 Å². The standard InChI is InChI=1S/C19H18N4O2/c1-12(13-9-18(24)22-11-13)25-19-14-5-4-8-21-16(14)10-17(23-19)15-6-2-3-7-20-15/h2-8,10,12-13H,9,11H2,1H3,(H,22,24). The first-order valence-electron chi connectivity index (χ1n) is 8.31. The van der Waals surface area contributed by atoms with Crippen molar-refractivity contribution in [1.82, 2.24) is 20.3 Å². The number of ether oxygens (including phenoxy) is 1. The number of carbonyl (C=O) groups is 1. The van der Waals surface area contributed by atoms with Gasteiger partial charge in [-0.15, -0.1) is 0 Å². The van der Waals surface area contributed by atoms with Crippen LogP contribution < -0.4 is 10.1 Å². The van der Waals surface area contributed by atoms with E-state index < -0.39 is 0 Å². The Balaban J connectivity index is 1.72. The molecule has 3 aromatic heterocycles. The minimum atomic E-state index is -0.131. The van der Waals surface area contributed by atoms with E-state index in [-0.39, 0.29) is 17.9 Å². The molecule has 0 saturated carbocycles. The van der Waals surface area contributed by atoms with E-state index in [9.17, 15) is 4.79 Å². The van der Waals surface area contributed by atoms with Gasteiger partial charge in [0.1, 0.15) is 6.10 Å². The number of rotatable bonds is 4. The number of pyridine rings is 3. The Morgan fingerprint density at radius 2 is 2.04 bits per heavy atom. The maximum atomic E-state index is 11.5. The minimum absolute atomic E-state index is 0.0715. The molecule has 0 spiro atoms. The van der Waals surface area contributed by atoms with Gasteiger partial charge in [0.05, 0.1) is 22.3 Å². The van der Waals surface area contributed by atoms with Crippen LogP contribution in [0.15, 0.2) is 48.8 Å². The van der Waals surface area contributed by atoms with Gasteiger partial charge in [-0.05, 0) is 37.3 Å². The predicted molar refractivity (Wildman–Crippen MR) is 94.0 cm³/mol. The van der Waals surface area contributed by atoms with Crippen molar-refractivity contribution in [1.29, 1.82) is 0 Å². The lowest BCUT2D eigenvalue weighted by atomic mass is 10.0. The van der Waals surface area contributed by atoms with Crippen LogP contribution in [0.2, 0.25) is 0 Å². The third-order valence-corrected chi connectivity index (χ3v) is 4.46. The van der Waals surface area contributed by atoms with Crippen LogP contribution in [0.4, 0.5) is 0 Å². The van der Waals surface area contributed by atoms with E-state index in [0.29, 0.717) is 18.8 Å². The maximum Gasteiger partial charge on any atom is 0.223 e. The Kier molecular flexibility index (Phi) is 4.01. The molecule has 0 radical (unpaired) electrons. The summed E-state index contributed by atoms with van der Waals surface area (Å²) in [5.41, 5.74) is 2.29.